The van der Waals surface area contributed by atoms with Gasteiger partial charge in [0.05, 0.1) is 0 Å². The van der Waals surface area contributed by atoms with E-state index in [0.29, 0.717) is 10.6 Å². The molecule has 0 aromatic heterocycles. The molecule has 1 unspecified atom stereocenters. The molecule has 0 saturated heterocycles. The number of nitrogens with two attached hydrogens (primary N) is 1. The van der Waals surface area contributed by atoms with Crippen molar-refractivity contribution in [2.45, 2.75) is 19.1 Å². The third-order valence-corrected chi connectivity index (χ3v) is 2.41. The average Bonchev–Trinajstić information content (AvgIpc) is 2.28. The zero-order valence-corrected chi connectivity index (χ0v) is 9.48. The summed E-state index contributed by atoms with van der Waals surface area (Å²) in [6.45, 7) is 0.294. The summed E-state index contributed by atoms with van der Waals surface area (Å²) in [7, 11) is 0. The third kappa shape index (κ3) is 3.81. The van der Waals surface area contributed by atoms with Gasteiger partial charge in [-0.3, -0.25) is 0 Å². The molecule has 0 fully saturated rings. The largest absolute Gasteiger partial charge is 0.459 e. The smallest absolute Gasteiger partial charge is 0.335 e. The first-order valence-corrected chi connectivity index (χ1v) is 5.31. The van der Waals surface area contributed by atoms with Gasteiger partial charge in [0, 0.05) is 10.6 Å². The SMILES string of the molecule is NCCC(O)C(=O)OCc1ccccc1Cl. The van der Waals surface area contributed by atoms with Gasteiger partial charge in [-0.25, -0.2) is 4.79 Å². The van der Waals surface area contributed by atoms with Gasteiger partial charge in [0.2, 0.25) is 0 Å². The van der Waals surface area contributed by atoms with Crippen LogP contribution in [0.15, 0.2) is 24.3 Å². The molecule has 0 aliphatic heterocycles. The first-order valence-electron chi connectivity index (χ1n) is 4.93. The first kappa shape index (κ1) is 13.0. The number of hydrogen-bond donors (Lipinski definition) is 2. The lowest BCUT2D eigenvalue weighted by atomic mass is 10.2. The average molecular weight is 244 g/mol. The van der Waals surface area contributed by atoms with Crippen LogP contribution in [0.1, 0.15) is 12.0 Å². The Morgan fingerprint density at radius 1 is 1.50 bits per heavy atom. The number of carbonyl (C=O) groups is 1. The molecule has 3 N–H and O–H groups in total. The molecule has 0 saturated carbocycles. The highest BCUT2D eigenvalue weighted by Crippen LogP contribution is 2.15. The minimum atomic E-state index is -1.16. The minimum absolute atomic E-state index is 0.0557. The summed E-state index contributed by atoms with van der Waals surface area (Å²) >= 11 is 5.87. The van der Waals surface area contributed by atoms with Crippen molar-refractivity contribution in [1.29, 1.82) is 0 Å². The molecule has 0 bridgehead atoms. The van der Waals surface area contributed by atoms with Crippen LogP contribution in [0.4, 0.5) is 0 Å². The van der Waals surface area contributed by atoms with E-state index in [1.807, 2.05) is 0 Å². The molecule has 1 rings (SSSR count). The summed E-state index contributed by atoms with van der Waals surface area (Å²) in [4.78, 5) is 11.2. The second-order valence-electron chi connectivity index (χ2n) is 3.29. The Morgan fingerprint density at radius 3 is 2.81 bits per heavy atom. The van der Waals surface area contributed by atoms with E-state index in [-0.39, 0.29) is 19.6 Å². The van der Waals surface area contributed by atoms with E-state index in [1.54, 1.807) is 24.3 Å². The van der Waals surface area contributed by atoms with E-state index in [0.717, 1.165) is 0 Å². The quantitative estimate of drug-likeness (QED) is 0.760. The highest BCUT2D eigenvalue weighted by atomic mass is 35.5. The normalized spacial score (nSPS) is 12.2. The minimum Gasteiger partial charge on any atom is -0.459 e. The van der Waals surface area contributed by atoms with Gasteiger partial charge in [-0.15, -0.1) is 0 Å². The molecule has 0 spiro atoms. The van der Waals surface area contributed by atoms with Gasteiger partial charge < -0.3 is 15.6 Å². The highest BCUT2D eigenvalue weighted by Gasteiger charge is 2.15. The van der Waals surface area contributed by atoms with Crippen LogP contribution in [-0.2, 0) is 16.1 Å². The van der Waals surface area contributed by atoms with Crippen molar-refractivity contribution >= 4 is 17.6 Å². The predicted molar refractivity (Wildman–Crippen MR) is 60.9 cm³/mol. The van der Waals surface area contributed by atoms with Gasteiger partial charge in [0.1, 0.15) is 6.61 Å². The van der Waals surface area contributed by atoms with Crippen LogP contribution in [0.25, 0.3) is 0 Å². The molecule has 1 aromatic rings. The van der Waals surface area contributed by atoms with E-state index >= 15 is 0 Å². The lowest BCUT2D eigenvalue weighted by molar-refractivity contribution is -0.155. The Morgan fingerprint density at radius 2 is 2.19 bits per heavy atom. The topological polar surface area (TPSA) is 72.5 Å². The summed E-state index contributed by atoms with van der Waals surface area (Å²) < 4.78 is 4.89. The Labute approximate surface area is 99.0 Å². The fourth-order valence-electron chi connectivity index (χ4n) is 1.14. The molecule has 0 aliphatic rings. The van der Waals surface area contributed by atoms with Crippen molar-refractivity contribution in [2.75, 3.05) is 6.54 Å². The summed E-state index contributed by atoms with van der Waals surface area (Å²) in [6, 6.07) is 7.05. The maximum atomic E-state index is 11.2. The number of hydrogen-bond acceptors (Lipinski definition) is 4. The number of benzene rings is 1. The molecule has 1 aromatic carbocycles. The number of rotatable bonds is 5. The second-order valence-corrected chi connectivity index (χ2v) is 3.70. The predicted octanol–water partition coefficient (Wildman–Crippen LogP) is 1.09. The van der Waals surface area contributed by atoms with Gasteiger partial charge >= 0.3 is 5.97 Å². The highest BCUT2D eigenvalue weighted by molar-refractivity contribution is 6.31. The maximum Gasteiger partial charge on any atom is 0.335 e. The van der Waals surface area contributed by atoms with Crippen molar-refractivity contribution in [3.05, 3.63) is 34.9 Å². The van der Waals surface area contributed by atoms with Crippen LogP contribution in [0.2, 0.25) is 5.02 Å². The molecule has 0 radical (unpaired) electrons. The summed E-state index contributed by atoms with van der Waals surface area (Å²) in [5, 5.41) is 9.81. The van der Waals surface area contributed by atoms with Gasteiger partial charge in [-0.2, -0.15) is 0 Å². The van der Waals surface area contributed by atoms with E-state index < -0.39 is 12.1 Å². The third-order valence-electron chi connectivity index (χ3n) is 2.04. The van der Waals surface area contributed by atoms with Crippen LogP contribution in [0, 0.1) is 0 Å². The fraction of sp³-hybridized carbons (Fsp3) is 0.364. The molecule has 16 heavy (non-hydrogen) atoms. The van der Waals surface area contributed by atoms with Gasteiger partial charge in [0.25, 0.3) is 0 Å². The van der Waals surface area contributed by atoms with Crippen molar-refractivity contribution in [3.63, 3.8) is 0 Å². The summed E-state index contributed by atoms with van der Waals surface area (Å²) in [6.07, 6.45) is -0.964. The molecule has 88 valence electrons. The van der Waals surface area contributed by atoms with Gasteiger partial charge in [-0.05, 0) is 19.0 Å². The molecular formula is C11H14ClNO3. The van der Waals surface area contributed by atoms with Crippen LogP contribution >= 0.6 is 11.6 Å². The molecule has 0 heterocycles. The van der Waals surface area contributed by atoms with Crippen molar-refractivity contribution in [2.24, 2.45) is 5.73 Å². The first-order chi connectivity index (χ1) is 7.65. The summed E-state index contributed by atoms with van der Waals surface area (Å²) in [5.41, 5.74) is 5.92. The van der Waals surface area contributed by atoms with Crippen LogP contribution in [0.3, 0.4) is 0 Å². The van der Waals surface area contributed by atoms with Crippen molar-refractivity contribution in [3.8, 4) is 0 Å². The van der Waals surface area contributed by atoms with E-state index in [4.69, 9.17) is 22.1 Å². The molecule has 5 heteroatoms. The van der Waals surface area contributed by atoms with E-state index in [9.17, 15) is 9.90 Å². The number of esters is 1. The Balaban J connectivity index is 2.46. The Hall–Kier alpha value is -1.10. The number of aliphatic hydroxyl groups excluding tert-OH is 1. The maximum absolute atomic E-state index is 11.2. The molecule has 4 nitrogen and oxygen atoms in total. The van der Waals surface area contributed by atoms with Gasteiger partial charge in [-0.1, -0.05) is 29.8 Å². The molecule has 0 aliphatic carbocycles. The lowest BCUT2D eigenvalue weighted by Crippen LogP contribution is -2.25. The monoisotopic (exact) mass is 243 g/mol. The number of ether oxygens (including phenoxy) is 1. The van der Waals surface area contributed by atoms with Crippen LogP contribution in [0.5, 0.6) is 0 Å². The fourth-order valence-corrected chi connectivity index (χ4v) is 1.33. The Bertz CT molecular complexity index is 357. The number of carbonyl (C=O) groups excluding carboxylic acids is 1. The Kier molecular flexibility index (Phi) is 5.25. The van der Waals surface area contributed by atoms with E-state index in [1.165, 1.54) is 0 Å². The standard InChI is InChI=1S/C11H14ClNO3/c12-9-4-2-1-3-8(9)7-16-11(15)10(14)5-6-13/h1-4,10,14H,5-7,13H2. The number of aliphatic hydroxyl groups is 1. The molecule has 1 atom stereocenters. The van der Waals surface area contributed by atoms with Crippen molar-refractivity contribution in [1.82, 2.24) is 0 Å². The van der Waals surface area contributed by atoms with Gasteiger partial charge in [0.15, 0.2) is 6.10 Å². The summed E-state index contributed by atoms with van der Waals surface area (Å²) in [5.74, 6) is -0.676. The zero-order valence-electron chi connectivity index (χ0n) is 8.73. The molecular weight excluding hydrogens is 230 g/mol. The van der Waals surface area contributed by atoms with Crippen molar-refractivity contribution < 1.29 is 14.6 Å². The molecule has 0 amide bonds. The number of halogens is 1. The van der Waals surface area contributed by atoms with Crippen LogP contribution < -0.4 is 5.73 Å². The van der Waals surface area contributed by atoms with E-state index in [2.05, 4.69) is 0 Å². The van der Waals surface area contributed by atoms with Crippen LogP contribution in [-0.4, -0.2) is 23.7 Å². The lowest BCUT2D eigenvalue weighted by Gasteiger charge is -2.10. The zero-order chi connectivity index (χ0) is 12.0. The second kappa shape index (κ2) is 6.48.